The van der Waals surface area contributed by atoms with Crippen molar-refractivity contribution in [2.45, 2.75) is 193 Å². The number of hydrogen-bond donors (Lipinski definition) is 4. The van der Waals surface area contributed by atoms with Gasteiger partial charge in [-0.3, -0.25) is 33.6 Å². The van der Waals surface area contributed by atoms with Gasteiger partial charge in [0.05, 0.1) is 11.3 Å². The summed E-state index contributed by atoms with van der Waals surface area (Å²) < 4.78 is 28.9. The van der Waals surface area contributed by atoms with Crippen LogP contribution in [0.2, 0.25) is 0 Å². The highest BCUT2D eigenvalue weighted by atomic mass is 32.2. The molecule has 7 atom stereocenters. The lowest BCUT2D eigenvalue weighted by atomic mass is 9.73. The van der Waals surface area contributed by atoms with Crippen LogP contribution < -0.4 is 20.7 Å². The summed E-state index contributed by atoms with van der Waals surface area (Å²) in [5, 5.41) is 8.76. The van der Waals surface area contributed by atoms with Gasteiger partial charge in [0, 0.05) is 12.0 Å². The van der Waals surface area contributed by atoms with Gasteiger partial charge in [-0.15, -0.1) is 0 Å². The quantitative estimate of drug-likeness (QED) is 0.210. The Balaban J connectivity index is 1.15. The molecule has 2 aliphatic heterocycles. The fraction of sp³-hybridized carbons (Fsp3) is 0.886. The van der Waals surface area contributed by atoms with Gasteiger partial charge in [-0.2, -0.15) is 0 Å². The maximum absolute atomic E-state index is 15.2. The van der Waals surface area contributed by atoms with E-state index in [0.717, 1.165) is 90.1 Å². The molecule has 7 rings (SSSR count). The Kier molecular flexibility index (Phi) is 11.7. The third kappa shape index (κ3) is 7.19. The van der Waals surface area contributed by atoms with Crippen LogP contribution in [0, 0.1) is 33.5 Å². The topological polar surface area (TPSA) is 174 Å². The Labute approximate surface area is 347 Å². The van der Waals surface area contributed by atoms with Crippen LogP contribution in [-0.2, 0) is 34.0 Å². The first-order valence-corrected chi connectivity index (χ1v) is 24.4. The summed E-state index contributed by atoms with van der Waals surface area (Å²) in [6.07, 6.45) is 13.5. The van der Waals surface area contributed by atoms with Crippen LogP contribution in [0.4, 0.5) is 0 Å². The zero-order valence-corrected chi connectivity index (χ0v) is 37.2. The van der Waals surface area contributed by atoms with Gasteiger partial charge in [-0.05, 0) is 105 Å². The molecule has 4 N–H and O–H groups in total. The van der Waals surface area contributed by atoms with Crippen molar-refractivity contribution in [2.24, 2.45) is 33.5 Å². The maximum atomic E-state index is 15.2. The number of nitrogens with one attached hydrogen (secondary N) is 4. The largest absolute Gasteiger partial charge is 0.343 e. The van der Waals surface area contributed by atoms with Gasteiger partial charge >= 0.3 is 0 Å². The van der Waals surface area contributed by atoms with Crippen LogP contribution in [0.25, 0.3) is 0 Å². The van der Waals surface area contributed by atoms with E-state index in [0.29, 0.717) is 38.6 Å². The smallest absolute Gasteiger partial charge is 0.259 e. The fourth-order valence-corrected chi connectivity index (χ4v) is 14.4. The second kappa shape index (κ2) is 15.6. The lowest BCUT2D eigenvalue weighted by Crippen LogP contribution is -2.63. The first-order valence-electron chi connectivity index (χ1n) is 22.8. The lowest BCUT2D eigenvalue weighted by molar-refractivity contribution is -0.145. The van der Waals surface area contributed by atoms with Gasteiger partial charge in [0.1, 0.15) is 23.7 Å². The van der Waals surface area contributed by atoms with Crippen molar-refractivity contribution in [2.75, 3.05) is 19.6 Å². The van der Waals surface area contributed by atoms with Crippen LogP contribution in [0.1, 0.15) is 158 Å². The van der Waals surface area contributed by atoms with E-state index in [9.17, 15) is 27.6 Å². The van der Waals surface area contributed by atoms with E-state index < -0.39 is 56.2 Å². The zero-order valence-electron chi connectivity index (χ0n) is 36.3. The number of carbonyl (C=O) groups is 5. The molecule has 326 valence electrons. The van der Waals surface area contributed by atoms with Crippen molar-refractivity contribution >= 4 is 39.6 Å². The first-order chi connectivity index (χ1) is 27.3. The first kappa shape index (κ1) is 43.4. The van der Waals surface area contributed by atoms with E-state index >= 15 is 4.79 Å². The molecule has 2 heterocycles. The second-order valence-corrected chi connectivity index (χ2v) is 22.9. The van der Waals surface area contributed by atoms with Crippen LogP contribution in [-0.4, -0.2) is 102 Å². The molecule has 5 amide bonds. The summed E-state index contributed by atoms with van der Waals surface area (Å²) in [6.45, 7) is 16.2. The number of amides is 5. The van der Waals surface area contributed by atoms with Crippen LogP contribution in [0.15, 0.2) is 0 Å². The molecular weight excluding hydrogens is 757 g/mol. The Morgan fingerprint density at radius 3 is 1.98 bits per heavy atom. The lowest BCUT2D eigenvalue weighted by Gasteiger charge is -2.38. The monoisotopic (exact) mass is 829 g/mol. The number of hydrogen-bond acceptors (Lipinski definition) is 8. The Bertz CT molecular complexity index is 1750. The third-order valence-electron chi connectivity index (χ3n) is 16.9. The molecule has 0 aromatic heterocycles. The Hall–Kier alpha value is -2.74. The Morgan fingerprint density at radius 2 is 1.43 bits per heavy atom. The van der Waals surface area contributed by atoms with Gasteiger partial charge < -0.3 is 20.9 Å². The maximum Gasteiger partial charge on any atom is 0.259 e. The second-order valence-electron chi connectivity index (χ2n) is 21.0. The molecular formula is C44H72N6O7S. The highest BCUT2D eigenvalue weighted by Crippen LogP contribution is 2.88. The molecule has 5 saturated carbocycles. The molecule has 14 heteroatoms. The van der Waals surface area contributed by atoms with Gasteiger partial charge in [-0.25, -0.2) is 8.42 Å². The van der Waals surface area contributed by atoms with Gasteiger partial charge in [0.15, 0.2) is 0 Å². The molecule has 0 aromatic rings. The minimum Gasteiger partial charge on any atom is -0.343 e. The van der Waals surface area contributed by atoms with E-state index in [2.05, 4.69) is 39.4 Å². The SMILES string of the molecule is CC[C@@H]1C[C@]1(NC(=O)[C@@H]1C[C@@]2(CN1C(=O)C(NC(=O)[C@@H](NC(=O)[C@@H]1CCCN1CC)C1CCCCC1)C(C)(C)C)C(C)(C)C21CCC1)C(=O)NS(=O)(=O)C1CCCC1. The normalized spacial score (nSPS) is 33.0. The number of rotatable bonds is 13. The van der Waals surface area contributed by atoms with E-state index in [-0.39, 0.29) is 51.8 Å². The number of sulfonamides is 1. The summed E-state index contributed by atoms with van der Waals surface area (Å²) >= 11 is 0. The van der Waals surface area contributed by atoms with Crippen LogP contribution in [0.3, 0.4) is 0 Å². The molecule has 5 aliphatic carbocycles. The van der Waals surface area contributed by atoms with E-state index in [4.69, 9.17) is 0 Å². The predicted octanol–water partition coefficient (Wildman–Crippen LogP) is 4.54. The third-order valence-corrected chi connectivity index (χ3v) is 18.7. The van der Waals surface area contributed by atoms with Gasteiger partial charge in [0.25, 0.3) is 5.91 Å². The molecule has 58 heavy (non-hydrogen) atoms. The molecule has 2 saturated heterocycles. The van der Waals surface area contributed by atoms with Gasteiger partial charge in [0.2, 0.25) is 33.7 Å². The highest BCUT2D eigenvalue weighted by Gasteiger charge is 2.85. The van der Waals surface area contributed by atoms with Crippen molar-refractivity contribution in [3.8, 4) is 0 Å². The number of nitrogens with zero attached hydrogens (tertiary/aromatic N) is 2. The van der Waals surface area contributed by atoms with Crippen LogP contribution >= 0.6 is 0 Å². The molecule has 7 fully saturated rings. The summed E-state index contributed by atoms with van der Waals surface area (Å²) in [6, 6.07) is -2.96. The van der Waals surface area contributed by atoms with Crippen LogP contribution in [0.5, 0.6) is 0 Å². The summed E-state index contributed by atoms with van der Waals surface area (Å²) in [7, 11) is -3.90. The van der Waals surface area contributed by atoms with E-state index in [1.54, 1.807) is 4.90 Å². The summed E-state index contributed by atoms with van der Waals surface area (Å²) in [5.41, 5.74) is -2.53. The minimum atomic E-state index is -3.90. The number of carbonyl (C=O) groups excluding carboxylic acids is 5. The molecule has 13 nitrogen and oxygen atoms in total. The average Bonchev–Trinajstić information content (AvgIpc) is 3.58. The standard InChI is InChI=1S/C44H72N6O7S/c1-8-29-25-44(29,39(55)48-58(56,57)30-19-13-14-20-30)47-36(52)32-26-43(41(6,7)42(43)22-16-23-42)27-50(32)38(54)34(40(3,4)5)46-37(53)33(28-17-11-10-12-18-28)45-35(51)31-21-15-24-49(31)9-2/h28-34H,8-27H2,1-7H3,(H,45,51)(H,46,53)(H,47,52)(H,48,55)/t29-,31+,32+,33+,34?,43-,44-/m1/s1. The number of fused-ring (bicyclic) bond motifs is 1. The molecule has 0 aromatic carbocycles. The van der Waals surface area contributed by atoms with E-state index in [1.165, 1.54) is 0 Å². The van der Waals surface area contributed by atoms with Crippen molar-refractivity contribution in [1.82, 2.24) is 30.5 Å². The average molecular weight is 829 g/mol. The summed E-state index contributed by atoms with van der Waals surface area (Å²) in [4.78, 5) is 76.2. The molecule has 7 aliphatic rings. The molecule has 0 bridgehead atoms. The highest BCUT2D eigenvalue weighted by molar-refractivity contribution is 7.90. The van der Waals surface area contributed by atoms with Crippen molar-refractivity contribution < 1.29 is 32.4 Å². The predicted molar refractivity (Wildman–Crippen MR) is 221 cm³/mol. The molecule has 1 unspecified atom stereocenters. The zero-order chi connectivity index (χ0) is 42.1. The number of likely N-dealkylation sites (N-methyl/N-ethyl adjacent to an activating group) is 1. The summed E-state index contributed by atoms with van der Waals surface area (Å²) in [5.74, 6) is -2.27. The number of likely N-dealkylation sites (tertiary alicyclic amines) is 2. The van der Waals surface area contributed by atoms with Crippen molar-refractivity contribution in [1.29, 1.82) is 0 Å². The minimum absolute atomic E-state index is 0.00691. The Morgan fingerprint density at radius 1 is 0.776 bits per heavy atom. The van der Waals surface area contributed by atoms with Gasteiger partial charge in [-0.1, -0.05) is 93.4 Å². The molecule has 2 spiro atoms. The molecule has 0 radical (unpaired) electrons. The van der Waals surface area contributed by atoms with E-state index in [1.807, 2.05) is 34.6 Å². The van der Waals surface area contributed by atoms with Crippen molar-refractivity contribution in [3.63, 3.8) is 0 Å². The van der Waals surface area contributed by atoms with Crippen molar-refractivity contribution in [3.05, 3.63) is 0 Å². The fourth-order valence-electron chi connectivity index (χ4n) is 12.8.